The van der Waals surface area contributed by atoms with E-state index < -0.39 is 17.3 Å². The van der Waals surface area contributed by atoms with E-state index in [1.165, 1.54) is 18.3 Å². The van der Waals surface area contributed by atoms with Crippen LogP contribution in [0.3, 0.4) is 0 Å². The number of hydrogen-bond donors (Lipinski definition) is 2. The van der Waals surface area contributed by atoms with Crippen LogP contribution in [0.15, 0.2) is 53.7 Å². The number of halogens is 1. The van der Waals surface area contributed by atoms with Crippen molar-refractivity contribution in [2.75, 3.05) is 11.9 Å². The number of amides is 2. The smallest absolute Gasteiger partial charge is 0.261 e. The van der Waals surface area contributed by atoms with Crippen LogP contribution in [0.25, 0.3) is 0 Å². The van der Waals surface area contributed by atoms with Crippen molar-refractivity contribution >= 4 is 17.5 Å². The summed E-state index contributed by atoms with van der Waals surface area (Å²) in [6.45, 7) is 2.45. The first-order valence-corrected chi connectivity index (χ1v) is 9.90. The fraction of sp³-hybridized carbons (Fsp3) is 0.217. The highest BCUT2D eigenvalue weighted by Gasteiger charge is 2.27. The van der Waals surface area contributed by atoms with Gasteiger partial charge in [0, 0.05) is 31.7 Å². The van der Waals surface area contributed by atoms with E-state index >= 15 is 0 Å². The second-order valence-electron chi connectivity index (χ2n) is 7.54. The van der Waals surface area contributed by atoms with Gasteiger partial charge in [-0.25, -0.2) is 4.39 Å². The lowest BCUT2D eigenvalue weighted by Gasteiger charge is -2.29. The molecule has 0 atom stereocenters. The Kier molecular flexibility index (Phi) is 5.62. The van der Waals surface area contributed by atoms with Gasteiger partial charge in [0.2, 0.25) is 5.91 Å². The number of pyridine rings is 2. The summed E-state index contributed by atoms with van der Waals surface area (Å²) < 4.78 is 14.1. The minimum atomic E-state index is -0.669. The van der Waals surface area contributed by atoms with Gasteiger partial charge < -0.3 is 15.2 Å². The topological polar surface area (TPSA) is 95.2 Å². The molecule has 2 amide bonds. The van der Waals surface area contributed by atoms with Gasteiger partial charge in [0.1, 0.15) is 11.4 Å². The Labute approximate surface area is 177 Å². The lowest BCUT2D eigenvalue weighted by atomic mass is 9.96. The number of rotatable bonds is 4. The van der Waals surface area contributed by atoms with Crippen molar-refractivity contribution in [2.24, 2.45) is 0 Å². The molecule has 0 saturated carbocycles. The molecule has 31 heavy (non-hydrogen) atoms. The summed E-state index contributed by atoms with van der Waals surface area (Å²) >= 11 is 0. The SMILES string of the molecule is Cc1ccc(F)c(NC(=O)c2c3c(c[nH]c2=O)CN(C(=O)Cc2cccnc2)CC3)c1. The molecule has 2 N–H and O–H groups in total. The number of fused-ring (bicyclic) bond motifs is 1. The fourth-order valence-electron chi connectivity index (χ4n) is 3.73. The number of aromatic amines is 1. The summed E-state index contributed by atoms with van der Waals surface area (Å²) in [5, 5.41) is 2.50. The van der Waals surface area contributed by atoms with E-state index in [9.17, 15) is 18.8 Å². The zero-order valence-electron chi connectivity index (χ0n) is 16.9. The predicted molar refractivity (Wildman–Crippen MR) is 113 cm³/mol. The van der Waals surface area contributed by atoms with Gasteiger partial charge >= 0.3 is 0 Å². The Balaban J connectivity index is 1.56. The largest absolute Gasteiger partial charge is 0.338 e. The number of carbonyl (C=O) groups excluding carboxylic acids is 2. The molecular weight excluding hydrogens is 399 g/mol. The Hall–Kier alpha value is -3.81. The van der Waals surface area contributed by atoms with Gasteiger partial charge in [-0.05, 0) is 53.8 Å². The van der Waals surface area contributed by atoms with Gasteiger partial charge in [-0.3, -0.25) is 19.4 Å². The van der Waals surface area contributed by atoms with Crippen LogP contribution < -0.4 is 10.9 Å². The number of benzene rings is 1. The maximum Gasteiger partial charge on any atom is 0.261 e. The Bertz CT molecular complexity index is 1210. The molecule has 0 spiro atoms. The monoisotopic (exact) mass is 420 g/mol. The normalized spacial score (nSPS) is 12.9. The third kappa shape index (κ3) is 4.37. The third-order valence-electron chi connectivity index (χ3n) is 5.31. The van der Waals surface area contributed by atoms with Gasteiger partial charge in [-0.1, -0.05) is 12.1 Å². The molecule has 0 radical (unpaired) electrons. The zero-order chi connectivity index (χ0) is 22.0. The fourth-order valence-corrected chi connectivity index (χ4v) is 3.73. The molecule has 0 unspecified atom stereocenters. The lowest BCUT2D eigenvalue weighted by Crippen LogP contribution is -2.39. The van der Waals surface area contributed by atoms with Crippen LogP contribution in [0.1, 0.15) is 32.6 Å². The van der Waals surface area contributed by atoms with Crippen LogP contribution in [0.5, 0.6) is 0 Å². The maximum absolute atomic E-state index is 14.1. The van der Waals surface area contributed by atoms with Crippen molar-refractivity contribution in [1.82, 2.24) is 14.9 Å². The van der Waals surface area contributed by atoms with E-state index in [2.05, 4.69) is 15.3 Å². The second-order valence-corrected chi connectivity index (χ2v) is 7.54. The van der Waals surface area contributed by atoms with Gasteiger partial charge in [-0.2, -0.15) is 0 Å². The van der Waals surface area contributed by atoms with Crippen molar-refractivity contribution in [3.63, 3.8) is 0 Å². The van der Waals surface area contributed by atoms with Crippen LogP contribution in [-0.2, 0) is 24.2 Å². The van der Waals surface area contributed by atoms with Crippen LogP contribution in [0, 0.1) is 12.7 Å². The Morgan fingerprint density at radius 2 is 2.13 bits per heavy atom. The molecule has 0 saturated heterocycles. The van der Waals surface area contributed by atoms with E-state index in [-0.39, 0.29) is 30.1 Å². The average molecular weight is 420 g/mol. The van der Waals surface area contributed by atoms with Gasteiger partial charge in [0.15, 0.2) is 0 Å². The number of anilines is 1. The number of nitrogens with one attached hydrogen (secondary N) is 2. The predicted octanol–water partition coefficient (Wildman–Crippen LogP) is 2.60. The van der Waals surface area contributed by atoms with Crippen molar-refractivity contribution in [2.45, 2.75) is 26.3 Å². The first-order valence-electron chi connectivity index (χ1n) is 9.90. The number of carbonyl (C=O) groups is 2. The van der Waals surface area contributed by atoms with Crippen molar-refractivity contribution < 1.29 is 14.0 Å². The molecule has 1 aliphatic heterocycles. The highest BCUT2D eigenvalue weighted by atomic mass is 19.1. The first-order chi connectivity index (χ1) is 14.9. The number of hydrogen-bond acceptors (Lipinski definition) is 4. The van der Waals surface area contributed by atoms with Gasteiger partial charge in [0.05, 0.1) is 12.1 Å². The molecular formula is C23H21FN4O3. The molecule has 1 aromatic carbocycles. The lowest BCUT2D eigenvalue weighted by molar-refractivity contribution is -0.131. The van der Waals surface area contributed by atoms with E-state index in [0.29, 0.717) is 24.1 Å². The number of H-pyrrole nitrogens is 1. The summed E-state index contributed by atoms with van der Waals surface area (Å²) in [7, 11) is 0. The van der Waals surface area contributed by atoms with Crippen LogP contribution in [0.4, 0.5) is 10.1 Å². The standard InChI is InChI=1S/C23H21FN4O3/c1-14-4-5-18(24)19(9-14)27-23(31)21-17-6-8-28(13-16(17)12-26-22(21)30)20(29)10-15-3-2-7-25-11-15/h2-5,7,9,11-12H,6,8,10,13H2,1H3,(H,26,30)(H,27,31). The van der Waals surface area contributed by atoms with Crippen LogP contribution in [-0.4, -0.2) is 33.2 Å². The molecule has 4 rings (SSSR count). The summed E-state index contributed by atoms with van der Waals surface area (Å²) in [6.07, 6.45) is 5.42. The van der Waals surface area contributed by atoms with Crippen molar-refractivity contribution in [3.8, 4) is 0 Å². The minimum Gasteiger partial charge on any atom is -0.338 e. The average Bonchev–Trinajstić information content (AvgIpc) is 2.76. The zero-order valence-corrected chi connectivity index (χ0v) is 16.9. The van der Waals surface area contributed by atoms with E-state index in [0.717, 1.165) is 11.1 Å². The molecule has 0 fully saturated rings. The molecule has 7 nitrogen and oxygen atoms in total. The Morgan fingerprint density at radius 3 is 2.90 bits per heavy atom. The minimum absolute atomic E-state index is 0.0195. The van der Waals surface area contributed by atoms with Crippen LogP contribution >= 0.6 is 0 Å². The molecule has 158 valence electrons. The number of nitrogens with zero attached hydrogens (tertiary/aromatic N) is 2. The highest BCUT2D eigenvalue weighted by molar-refractivity contribution is 6.05. The molecule has 0 bridgehead atoms. The molecule has 3 heterocycles. The number of aromatic nitrogens is 2. The van der Waals surface area contributed by atoms with Crippen molar-refractivity contribution in [1.29, 1.82) is 0 Å². The first kappa shape index (κ1) is 20.5. The summed E-state index contributed by atoms with van der Waals surface area (Å²) in [4.78, 5) is 46.2. The quantitative estimate of drug-likeness (QED) is 0.678. The van der Waals surface area contributed by atoms with Crippen molar-refractivity contribution in [3.05, 3.63) is 92.9 Å². The molecule has 8 heteroatoms. The van der Waals surface area contributed by atoms with Crippen LogP contribution in [0.2, 0.25) is 0 Å². The summed E-state index contributed by atoms with van der Waals surface area (Å²) in [5.41, 5.74) is 2.31. The van der Waals surface area contributed by atoms with Gasteiger partial charge in [0.25, 0.3) is 11.5 Å². The van der Waals surface area contributed by atoms with E-state index in [4.69, 9.17) is 0 Å². The molecule has 1 aliphatic rings. The molecule has 3 aromatic rings. The summed E-state index contributed by atoms with van der Waals surface area (Å²) in [6, 6.07) is 7.99. The maximum atomic E-state index is 14.1. The Morgan fingerprint density at radius 1 is 1.29 bits per heavy atom. The van der Waals surface area contributed by atoms with E-state index in [1.54, 1.807) is 36.4 Å². The second kappa shape index (κ2) is 8.51. The van der Waals surface area contributed by atoms with E-state index in [1.807, 2.05) is 6.07 Å². The van der Waals surface area contributed by atoms with Gasteiger partial charge in [-0.15, -0.1) is 0 Å². The highest BCUT2D eigenvalue weighted by Crippen LogP contribution is 2.22. The molecule has 2 aromatic heterocycles. The number of aryl methyl sites for hydroxylation is 1. The third-order valence-corrected chi connectivity index (χ3v) is 5.31. The summed E-state index contributed by atoms with van der Waals surface area (Å²) in [5.74, 6) is -1.30. The molecule has 0 aliphatic carbocycles.